The zero-order chi connectivity index (χ0) is 32.5. The van der Waals surface area contributed by atoms with E-state index in [0.717, 1.165) is 25.1 Å². The molecular weight excluding hydrogens is 548 g/mol. The van der Waals surface area contributed by atoms with Crippen LogP contribution >= 0.6 is 0 Å². The fourth-order valence-electron chi connectivity index (χ4n) is 5.84. The Morgan fingerprint density at radius 1 is 0.556 bits per heavy atom. The summed E-state index contributed by atoms with van der Waals surface area (Å²) in [5, 5.41) is 9.04. The first-order chi connectivity index (χ1) is 22.2. The highest BCUT2D eigenvalue weighted by molar-refractivity contribution is 4.94. The molecule has 0 spiro atoms. The van der Waals surface area contributed by atoms with Gasteiger partial charge in [-0.25, -0.2) is 4.68 Å². The second kappa shape index (κ2) is 32.0. The zero-order valence-electron chi connectivity index (χ0n) is 30.4. The maximum atomic E-state index is 4.57. The predicted molar refractivity (Wildman–Crippen MR) is 200 cm³/mol. The molecule has 1 unspecified atom stereocenters. The molecule has 1 aromatic heterocycles. The summed E-state index contributed by atoms with van der Waals surface area (Å²) in [6.45, 7) is 5.39. The Kier molecular flexibility index (Phi) is 29.2. The van der Waals surface area contributed by atoms with Gasteiger partial charge in [-0.2, -0.15) is 0 Å². The van der Waals surface area contributed by atoms with Crippen LogP contribution in [0.15, 0.2) is 54.8 Å². The van der Waals surface area contributed by atoms with Gasteiger partial charge in [0.1, 0.15) is 0 Å². The topological polar surface area (TPSA) is 34.0 Å². The van der Waals surface area contributed by atoms with Gasteiger partial charge in [-0.15, -0.1) is 5.10 Å². The lowest BCUT2D eigenvalue weighted by atomic mass is 10.00. The molecule has 45 heavy (non-hydrogen) atoms. The van der Waals surface area contributed by atoms with E-state index in [2.05, 4.69) is 103 Å². The van der Waals surface area contributed by atoms with Crippen molar-refractivity contribution < 1.29 is 0 Å². The van der Waals surface area contributed by atoms with Crippen LogP contribution in [0.1, 0.15) is 186 Å². The predicted octanol–water partition coefficient (Wildman–Crippen LogP) is 12.9. The third-order valence-corrected chi connectivity index (χ3v) is 8.64. The lowest BCUT2D eigenvalue weighted by Crippen LogP contribution is -2.11. The number of unbranched alkanes of at least 4 members (excludes halogenated alkanes) is 17. The van der Waals surface area contributed by atoms with Crippen molar-refractivity contribution in [2.45, 2.75) is 187 Å². The van der Waals surface area contributed by atoms with Crippen LogP contribution in [0.4, 0.5) is 0 Å². The van der Waals surface area contributed by atoms with Crippen molar-refractivity contribution in [1.29, 1.82) is 0 Å². The molecule has 1 rings (SSSR count). The highest BCUT2D eigenvalue weighted by Gasteiger charge is 2.13. The van der Waals surface area contributed by atoms with Crippen molar-refractivity contribution in [2.24, 2.45) is 0 Å². The van der Waals surface area contributed by atoms with E-state index in [-0.39, 0.29) is 0 Å². The van der Waals surface area contributed by atoms with E-state index in [1.807, 2.05) is 0 Å². The largest absolute Gasteiger partial charge is 0.303 e. The maximum Gasteiger partial charge on any atom is 0.0967 e. The van der Waals surface area contributed by atoms with Crippen molar-refractivity contribution in [2.75, 3.05) is 14.1 Å². The molecule has 0 N–H and O–H groups in total. The summed E-state index contributed by atoms with van der Waals surface area (Å²) in [5.41, 5.74) is 1.09. The minimum absolute atomic E-state index is 0.500. The van der Waals surface area contributed by atoms with Gasteiger partial charge in [0.15, 0.2) is 0 Å². The van der Waals surface area contributed by atoms with Gasteiger partial charge in [0.25, 0.3) is 0 Å². The number of aromatic nitrogens is 3. The Labute approximate surface area is 280 Å². The lowest BCUT2D eigenvalue weighted by molar-refractivity contribution is 0.359. The molecule has 258 valence electrons. The van der Waals surface area contributed by atoms with Gasteiger partial charge >= 0.3 is 0 Å². The first-order valence-electron chi connectivity index (χ1n) is 19.3. The van der Waals surface area contributed by atoms with Crippen molar-refractivity contribution in [3.05, 3.63) is 60.5 Å². The molecule has 4 heteroatoms. The second-order valence-electron chi connectivity index (χ2n) is 13.5. The van der Waals surface area contributed by atoms with Crippen LogP contribution in [0.5, 0.6) is 0 Å². The first kappa shape index (κ1) is 41.1. The molecule has 0 aliphatic heterocycles. The van der Waals surface area contributed by atoms with Crippen molar-refractivity contribution in [1.82, 2.24) is 19.9 Å². The molecule has 0 aliphatic rings. The highest BCUT2D eigenvalue weighted by Crippen LogP contribution is 2.23. The van der Waals surface area contributed by atoms with Gasteiger partial charge in [-0.05, 0) is 84.7 Å². The highest BCUT2D eigenvalue weighted by atomic mass is 15.4. The standard InChI is InChI=1S/C41H74N4/c1-5-7-9-11-13-15-17-19-21-23-25-27-29-31-33-35-37-41(45-39-40(42-43-45)38-44(3)4)36-34-32-30-28-26-24-22-20-18-16-14-12-10-8-6-2/h12-15,18-21,39,41H,5-11,16-17,22-38H2,1-4H3/b14-12+,15-13+,20-18+,21-19+. The maximum absolute atomic E-state index is 4.57. The number of nitrogens with zero attached hydrogens (tertiary/aromatic N) is 4. The van der Waals surface area contributed by atoms with Crippen LogP contribution in [0.3, 0.4) is 0 Å². The molecule has 0 amide bonds. The fourth-order valence-corrected chi connectivity index (χ4v) is 5.84. The number of allylic oxidation sites excluding steroid dienone is 8. The van der Waals surface area contributed by atoms with Crippen LogP contribution in [0.25, 0.3) is 0 Å². The Hall–Kier alpha value is -1.94. The first-order valence-corrected chi connectivity index (χ1v) is 19.3. The molecule has 0 saturated carbocycles. The van der Waals surface area contributed by atoms with E-state index >= 15 is 0 Å². The van der Waals surface area contributed by atoms with Crippen molar-refractivity contribution in [3.8, 4) is 0 Å². The van der Waals surface area contributed by atoms with Gasteiger partial charge in [0, 0.05) is 6.54 Å². The Morgan fingerprint density at radius 3 is 1.44 bits per heavy atom. The number of hydrogen-bond donors (Lipinski definition) is 0. The summed E-state index contributed by atoms with van der Waals surface area (Å²) in [5.74, 6) is 0. The third-order valence-electron chi connectivity index (χ3n) is 8.64. The van der Waals surface area contributed by atoms with Crippen LogP contribution < -0.4 is 0 Å². The molecule has 0 fully saturated rings. The van der Waals surface area contributed by atoms with E-state index < -0.39 is 0 Å². The van der Waals surface area contributed by atoms with Crippen LogP contribution in [-0.4, -0.2) is 34.0 Å². The molecule has 0 radical (unpaired) electrons. The molecule has 1 aromatic rings. The summed E-state index contributed by atoms with van der Waals surface area (Å²) in [7, 11) is 4.20. The molecule has 0 aromatic carbocycles. The SMILES string of the molecule is CCCC/C=C/C/C=C/CCCCCCCCC(CCCCCCCC/C=C/C/C=C/CCCCC)n1cc(CN(C)C)nn1. The van der Waals surface area contributed by atoms with Gasteiger partial charge in [-0.1, -0.05) is 158 Å². The van der Waals surface area contributed by atoms with Gasteiger partial charge < -0.3 is 4.90 Å². The third kappa shape index (κ3) is 26.9. The molecule has 0 aliphatic carbocycles. The quantitative estimate of drug-likeness (QED) is 0.0592. The summed E-state index contributed by atoms with van der Waals surface area (Å²) in [6, 6.07) is 0.500. The average molecular weight is 623 g/mol. The molecule has 1 atom stereocenters. The van der Waals surface area contributed by atoms with Crippen LogP contribution in [0, 0.1) is 0 Å². The number of hydrogen-bond acceptors (Lipinski definition) is 3. The normalized spacial score (nSPS) is 13.2. The van der Waals surface area contributed by atoms with E-state index in [0.29, 0.717) is 6.04 Å². The van der Waals surface area contributed by atoms with Crippen LogP contribution in [0.2, 0.25) is 0 Å². The van der Waals surface area contributed by atoms with E-state index in [1.54, 1.807) is 0 Å². The van der Waals surface area contributed by atoms with Gasteiger partial charge in [-0.3, -0.25) is 0 Å². The molecule has 4 nitrogen and oxygen atoms in total. The van der Waals surface area contributed by atoms with E-state index in [4.69, 9.17) is 0 Å². The Bertz CT molecular complexity index is 863. The summed E-state index contributed by atoms with van der Waals surface area (Å²) in [4.78, 5) is 2.17. The summed E-state index contributed by atoms with van der Waals surface area (Å²) in [6.07, 6.45) is 53.4. The summed E-state index contributed by atoms with van der Waals surface area (Å²) < 4.78 is 2.19. The minimum Gasteiger partial charge on any atom is -0.303 e. The van der Waals surface area contributed by atoms with Crippen molar-refractivity contribution >= 4 is 0 Å². The molecule has 1 heterocycles. The second-order valence-corrected chi connectivity index (χ2v) is 13.5. The smallest absolute Gasteiger partial charge is 0.0967 e. The van der Waals surface area contributed by atoms with Gasteiger partial charge in [0.05, 0.1) is 17.9 Å². The zero-order valence-corrected chi connectivity index (χ0v) is 30.4. The molecular formula is C41H74N4. The summed E-state index contributed by atoms with van der Waals surface area (Å²) >= 11 is 0. The minimum atomic E-state index is 0.500. The monoisotopic (exact) mass is 623 g/mol. The average Bonchev–Trinajstić information content (AvgIpc) is 3.49. The molecule has 0 bridgehead atoms. The van der Waals surface area contributed by atoms with E-state index in [9.17, 15) is 0 Å². The van der Waals surface area contributed by atoms with Crippen LogP contribution in [-0.2, 0) is 6.54 Å². The lowest BCUT2D eigenvalue weighted by Gasteiger charge is -2.17. The van der Waals surface area contributed by atoms with Gasteiger partial charge in [0.2, 0.25) is 0 Å². The van der Waals surface area contributed by atoms with E-state index in [1.165, 1.54) is 148 Å². The Balaban J connectivity index is 2.19. The fraction of sp³-hybridized carbons (Fsp3) is 0.756. The Morgan fingerprint density at radius 2 is 0.978 bits per heavy atom. The molecule has 0 saturated heterocycles. The number of rotatable bonds is 32. The van der Waals surface area contributed by atoms with Crippen molar-refractivity contribution in [3.63, 3.8) is 0 Å².